The van der Waals surface area contributed by atoms with Crippen molar-refractivity contribution in [2.24, 2.45) is 5.41 Å². The lowest BCUT2D eigenvalue weighted by atomic mass is 9.67. The van der Waals surface area contributed by atoms with Crippen molar-refractivity contribution >= 4 is 0 Å². The molecule has 1 aliphatic carbocycles. The second-order valence-electron chi connectivity index (χ2n) is 4.24. The summed E-state index contributed by atoms with van der Waals surface area (Å²) in [6.07, 6.45) is 6.86. The molecule has 0 amide bonds. The van der Waals surface area contributed by atoms with Crippen LogP contribution in [0.3, 0.4) is 0 Å². The Morgan fingerprint density at radius 1 is 1.08 bits per heavy atom. The topological polar surface area (TPSA) is 29.5 Å². The fourth-order valence-corrected chi connectivity index (χ4v) is 2.65. The summed E-state index contributed by atoms with van der Waals surface area (Å²) in [6, 6.07) is 0. The summed E-state index contributed by atoms with van der Waals surface area (Å²) in [6.45, 7) is 1.72. The minimum absolute atomic E-state index is 0.0462. The van der Waals surface area contributed by atoms with Gasteiger partial charge >= 0.3 is 0 Å². The van der Waals surface area contributed by atoms with Crippen LogP contribution in [0, 0.1) is 5.41 Å². The Morgan fingerprint density at radius 3 is 2.50 bits per heavy atom. The van der Waals surface area contributed by atoms with Gasteiger partial charge in [0.25, 0.3) is 0 Å². The Hall–Kier alpha value is -0.0800. The van der Waals surface area contributed by atoms with Crippen molar-refractivity contribution in [3.8, 4) is 0 Å². The van der Waals surface area contributed by atoms with Crippen LogP contribution in [0.2, 0.25) is 0 Å². The maximum absolute atomic E-state index is 9.93. The standard InChI is InChI=1S/C10H18O2/c11-9-3-1-2-4-10(9)5-7-12-8-6-10/h9,11H,1-8H2. The second-order valence-corrected chi connectivity index (χ2v) is 4.24. The molecule has 0 aromatic rings. The average Bonchev–Trinajstić information content (AvgIpc) is 2.12. The van der Waals surface area contributed by atoms with Gasteiger partial charge in [0.05, 0.1) is 6.10 Å². The van der Waals surface area contributed by atoms with Gasteiger partial charge in [0.1, 0.15) is 0 Å². The van der Waals surface area contributed by atoms with E-state index in [1.54, 1.807) is 0 Å². The molecule has 1 unspecified atom stereocenters. The highest BCUT2D eigenvalue weighted by Gasteiger charge is 2.40. The van der Waals surface area contributed by atoms with Gasteiger partial charge in [0.2, 0.25) is 0 Å². The van der Waals surface area contributed by atoms with Crippen molar-refractivity contribution in [3.63, 3.8) is 0 Å². The monoisotopic (exact) mass is 170 g/mol. The van der Waals surface area contributed by atoms with Crippen LogP contribution in [-0.4, -0.2) is 24.4 Å². The van der Waals surface area contributed by atoms with E-state index in [2.05, 4.69) is 0 Å². The van der Waals surface area contributed by atoms with E-state index >= 15 is 0 Å². The minimum atomic E-state index is -0.0462. The molecule has 0 aromatic carbocycles. The minimum Gasteiger partial charge on any atom is -0.393 e. The maximum atomic E-state index is 9.93. The van der Waals surface area contributed by atoms with Crippen LogP contribution in [0.15, 0.2) is 0 Å². The van der Waals surface area contributed by atoms with Crippen LogP contribution >= 0.6 is 0 Å². The molecule has 1 atom stereocenters. The maximum Gasteiger partial charge on any atom is 0.0598 e. The van der Waals surface area contributed by atoms with Gasteiger partial charge in [0.15, 0.2) is 0 Å². The van der Waals surface area contributed by atoms with Gasteiger partial charge in [-0.1, -0.05) is 12.8 Å². The lowest BCUT2D eigenvalue weighted by Gasteiger charge is -2.44. The number of rotatable bonds is 0. The van der Waals surface area contributed by atoms with E-state index in [1.807, 2.05) is 0 Å². The van der Waals surface area contributed by atoms with Crippen molar-refractivity contribution < 1.29 is 9.84 Å². The van der Waals surface area contributed by atoms with Crippen LogP contribution in [0.1, 0.15) is 38.5 Å². The second kappa shape index (κ2) is 3.35. The summed E-state index contributed by atoms with van der Waals surface area (Å²) < 4.78 is 5.33. The van der Waals surface area contributed by atoms with Crippen molar-refractivity contribution in [1.82, 2.24) is 0 Å². The van der Waals surface area contributed by atoms with Gasteiger partial charge in [0, 0.05) is 18.6 Å². The molecule has 1 saturated carbocycles. The lowest BCUT2D eigenvalue weighted by molar-refractivity contribution is -0.0832. The van der Waals surface area contributed by atoms with Crippen molar-refractivity contribution in [2.45, 2.75) is 44.6 Å². The lowest BCUT2D eigenvalue weighted by Crippen LogP contribution is -2.42. The zero-order valence-corrected chi connectivity index (χ0v) is 7.59. The molecule has 1 spiro atoms. The first-order chi connectivity index (χ1) is 5.83. The van der Waals surface area contributed by atoms with Gasteiger partial charge in [-0.25, -0.2) is 0 Å². The third-order valence-electron chi connectivity index (χ3n) is 3.60. The fraction of sp³-hybridized carbons (Fsp3) is 1.00. The molecule has 2 fully saturated rings. The van der Waals surface area contributed by atoms with E-state index in [-0.39, 0.29) is 11.5 Å². The number of aliphatic hydroxyl groups is 1. The number of hydrogen-bond acceptors (Lipinski definition) is 2. The van der Waals surface area contributed by atoms with E-state index in [4.69, 9.17) is 4.74 Å². The summed E-state index contributed by atoms with van der Waals surface area (Å²) in [5.74, 6) is 0. The molecule has 2 aliphatic rings. The van der Waals surface area contributed by atoms with Gasteiger partial charge in [-0.15, -0.1) is 0 Å². The van der Waals surface area contributed by atoms with Gasteiger partial charge in [-0.2, -0.15) is 0 Å². The zero-order valence-electron chi connectivity index (χ0n) is 7.59. The molecule has 1 aliphatic heterocycles. The summed E-state index contributed by atoms with van der Waals surface area (Å²) in [7, 11) is 0. The number of ether oxygens (including phenoxy) is 1. The first-order valence-corrected chi connectivity index (χ1v) is 5.09. The largest absolute Gasteiger partial charge is 0.393 e. The van der Waals surface area contributed by atoms with E-state index in [0.717, 1.165) is 32.5 Å². The average molecular weight is 170 g/mol. The molecule has 70 valence electrons. The molecule has 1 heterocycles. The van der Waals surface area contributed by atoms with Gasteiger partial charge in [-0.05, 0) is 25.7 Å². The molecular weight excluding hydrogens is 152 g/mol. The predicted octanol–water partition coefficient (Wildman–Crippen LogP) is 1.72. The van der Waals surface area contributed by atoms with Crippen molar-refractivity contribution in [3.05, 3.63) is 0 Å². The Labute approximate surface area is 73.9 Å². The Bertz CT molecular complexity index is 142. The molecule has 0 radical (unpaired) electrons. The summed E-state index contributed by atoms with van der Waals surface area (Å²) in [5, 5.41) is 9.93. The zero-order chi connectivity index (χ0) is 8.44. The number of hydrogen-bond donors (Lipinski definition) is 1. The Morgan fingerprint density at radius 2 is 1.83 bits per heavy atom. The molecule has 1 saturated heterocycles. The highest BCUT2D eigenvalue weighted by molar-refractivity contribution is 4.91. The normalized spacial score (nSPS) is 35.2. The highest BCUT2D eigenvalue weighted by atomic mass is 16.5. The van der Waals surface area contributed by atoms with Crippen LogP contribution in [0.4, 0.5) is 0 Å². The summed E-state index contributed by atoms with van der Waals surface area (Å²) in [5.41, 5.74) is 0.247. The van der Waals surface area contributed by atoms with Gasteiger partial charge < -0.3 is 9.84 Å². The molecule has 0 aromatic heterocycles. The summed E-state index contributed by atoms with van der Waals surface area (Å²) in [4.78, 5) is 0. The Balaban J connectivity index is 2.04. The van der Waals surface area contributed by atoms with Gasteiger partial charge in [-0.3, -0.25) is 0 Å². The summed E-state index contributed by atoms with van der Waals surface area (Å²) >= 11 is 0. The number of aliphatic hydroxyl groups excluding tert-OH is 1. The third kappa shape index (κ3) is 1.38. The Kier molecular flexibility index (Phi) is 2.37. The van der Waals surface area contributed by atoms with Crippen molar-refractivity contribution in [2.75, 3.05) is 13.2 Å². The van der Waals surface area contributed by atoms with Crippen LogP contribution in [0.25, 0.3) is 0 Å². The first-order valence-electron chi connectivity index (χ1n) is 5.09. The van der Waals surface area contributed by atoms with Crippen LogP contribution in [-0.2, 0) is 4.74 Å². The quantitative estimate of drug-likeness (QED) is 0.600. The van der Waals surface area contributed by atoms with Crippen molar-refractivity contribution in [1.29, 1.82) is 0 Å². The van der Waals surface area contributed by atoms with E-state index < -0.39 is 0 Å². The molecule has 12 heavy (non-hydrogen) atoms. The first kappa shape index (κ1) is 8.52. The van der Waals surface area contributed by atoms with E-state index in [9.17, 15) is 5.11 Å². The van der Waals surface area contributed by atoms with Crippen LogP contribution in [0.5, 0.6) is 0 Å². The molecular formula is C10H18O2. The third-order valence-corrected chi connectivity index (χ3v) is 3.60. The van der Waals surface area contributed by atoms with Crippen LogP contribution < -0.4 is 0 Å². The highest BCUT2D eigenvalue weighted by Crippen LogP contribution is 2.44. The smallest absolute Gasteiger partial charge is 0.0598 e. The predicted molar refractivity (Wildman–Crippen MR) is 47.0 cm³/mol. The molecule has 2 rings (SSSR count). The molecule has 0 bridgehead atoms. The molecule has 2 heteroatoms. The molecule has 1 N–H and O–H groups in total. The van der Waals surface area contributed by atoms with E-state index in [0.29, 0.717) is 0 Å². The molecule has 2 nitrogen and oxygen atoms in total. The fourth-order valence-electron chi connectivity index (χ4n) is 2.65. The van der Waals surface area contributed by atoms with E-state index in [1.165, 1.54) is 19.3 Å². The SMILES string of the molecule is OC1CCCCC12CCOCC2.